The minimum Gasteiger partial charge on any atom is -0.384 e. The third-order valence-electron chi connectivity index (χ3n) is 7.37. The average molecular weight is 567 g/mol. The van der Waals surface area contributed by atoms with Gasteiger partial charge in [0.15, 0.2) is 0 Å². The number of rotatable bonds is 8. The molecule has 0 saturated carbocycles. The van der Waals surface area contributed by atoms with Gasteiger partial charge in [-0.25, -0.2) is 9.97 Å². The Kier molecular flexibility index (Phi) is 8.13. The van der Waals surface area contributed by atoms with Crippen molar-refractivity contribution in [2.45, 2.75) is 32.9 Å². The molecule has 12 heteroatoms. The van der Waals surface area contributed by atoms with Crippen LogP contribution in [-0.4, -0.2) is 59.0 Å². The Morgan fingerprint density at radius 3 is 2.51 bits per heavy atom. The number of alkyl halides is 3. The van der Waals surface area contributed by atoms with Crippen molar-refractivity contribution in [1.82, 2.24) is 25.4 Å². The largest absolute Gasteiger partial charge is 0.416 e. The second kappa shape index (κ2) is 11.8. The summed E-state index contributed by atoms with van der Waals surface area (Å²) in [6, 6.07) is 7.74. The Labute approximate surface area is 237 Å². The number of aryl methyl sites for hydroxylation is 1. The van der Waals surface area contributed by atoms with Crippen LogP contribution in [0.5, 0.6) is 0 Å². The van der Waals surface area contributed by atoms with Gasteiger partial charge in [-0.15, -0.1) is 5.53 Å². The number of benzene rings is 2. The molecule has 2 aliphatic rings. The molecule has 0 atom stereocenters. The molecule has 0 aliphatic carbocycles. The van der Waals surface area contributed by atoms with Crippen LogP contribution in [0.2, 0.25) is 0 Å². The topological polar surface area (TPSA) is 88.7 Å². The quantitative estimate of drug-likeness (QED) is 0.350. The summed E-state index contributed by atoms with van der Waals surface area (Å²) in [6.45, 7) is 6.57. The fourth-order valence-electron chi connectivity index (χ4n) is 5.10. The Balaban J connectivity index is 1.36. The first-order chi connectivity index (χ1) is 19.6. The third kappa shape index (κ3) is 6.44. The zero-order valence-corrected chi connectivity index (χ0v) is 23.2. The molecule has 216 valence electrons. The molecule has 3 aromatic rings. The monoisotopic (exact) mass is 566 g/mol. The van der Waals surface area contributed by atoms with E-state index in [0.717, 1.165) is 61.1 Å². The number of carbonyl (C=O) groups is 1. The lowest BCUT2D eigenvalue weighted by Gasteiger charge is -2.23. The first-order valence-corrected chi connectivity index (χ1v) is 13.5. The minimum absolute atomic E-state index is 0.0704. The molecule has 1 fully saturated rings. The number of hydrogen-bond acceptors (Lipinski definition) is 8. The highest BCUT2D eigenvalue weighted by Gasteiger charge is 2.34. The number of likely N-dealkylation sites (tertiary alicyclic amines) is 1. The van der Waals surface area contributed by atoms with E-state index in [9.17, 15) is 18.0 Å². The smallest absolute Gasteiger partial charge is 0.384 e. The van der Waals surface area contributed by atoms with Gasteiger partial charge in [0.2, 0.25) is 0 Å². The molecule has 1 amide bonds. The normalized spacial score (nSPS) is 15.8. The SMILES string of the molecule is Cc1ccc(NC(=O)c2cc(NCCN3CCCC3)c(C)c(C(F)(F)F)c2)cc1N1C=C(c2cncnc2)N(C)N1. The van der Waals surface area contributed by atoms with Gasteiger partial charge >= 0.3 is 6.18 Å². The summed E-state index contributed by atoms with van der Waals surface area (Å²) in [4.78, 5) is 23.7. The van der Waals surface area contributed by atoms with Crippen molar-refractivity contribution < 1.29 is 18.0 Å². The van der Waals surface area contributed by atoms with Gasteiger partial charge in [-0.3, -0.25) is 14.8 Å². The Morgan fingerprint density at radius 1 is 1.07 bits per heavy atom. The lowest BCUT2D eigenvalue weighted by atomic mass is 10.0. The molecule has 5 rings (SSSR count). The molecule has 1 aromatic heterocycles. The zero-order valence-electron chi connectivity index (χ0n) is 23.2. The highest BCUT2D eigenvalue weighted by Crippen LogP contribution is 2.36. The van der Waals surface area contributed by atoms with Crippen LogP contribution in [0.1, 0.15) is 45.5 Å². The maximum atomic E-state index is 13.9. The average Bonchev–Trinajstić information content (AvgIpc) is 3.60. The third-order valence-corrected chi connectivity index (χ3v) is 7.37. The summed E-state index contributed by atoms with van der Waals surface area (Å²) in [6.07, 6.45) is 4.42. The van der Waals surface area contributed by atoms with E-state index in [1.807, 2.05) is 31.2 Å². The van der Waals surface area contributed by atoms with E-state index in [1.165, 1.54) is 19.3 Å². The molecule has 41 heavy (non-hydrogen) atoms. The Bertz CT molecular complexity index is 1440. The zero-order chi connectivity index (χ0) is 29.1. The van der Waals surface area contributed by atoms with Crippen molar-refractivity contribution in [2.75, 3.05) is 48.9 Å². The van der Waals surface area contributed by atoms with E-state index < -0.39 is 17.6 Å². The fourth-order valence-corrected chi connectivity index (χ4v) is 5.10. The van der Waals surface area contributed by atoms with Crippen LogP contribution in [0.15, 0.2) is 55.3 Å². The summed E-state index contributed by atoms with van der Waals surface area (Å²) < 4.78 is 41.8. The van der Waals surface area contributed by atoms with Gasteiger partial charge in [-0.2, -0.15) is 13.2 Å². The van der Waals surface area contributed by atoms with Crippen molar-refractivity contribution >= 4 is 28.7 Å². The molecule has 9 nitrogen and oxygen atoms in total. The van der Waals surface area contributed by atoms with Gasteiger partial charge in [0, 0.05) is 61.2 Å². The molecular formula is C29H33F3N8O. The number of aromatic nitrogens is 2. The van der Waals surface area contributed by atoms with Gasteiger partial charge in [0.25, 0.3) is 5.91 Å². The maximum Gasteiger partial charge on any atom is 0.416 e. The first-order valence-electron chi connectivity index (χ1n) is 13.5. The molecule has 0 radical (unpaired) electrons. The van der Waals surface area contributed by atoms with E-state index in [1.54, 1.807) is 29.5 Å². The minimum atomic E-state index is -4.59. The lowest BCUT2D eigenvalue weighted by Crippen LogP contribution is -2.38. The summed E-state index contributed by atoms with van der Waals surface area (Å²) in [5, 5.41) is 9.52. The molecule has 2 aliphatic heterocycles. The molecule has 2 aromatic carbocycles. The van der Waals surface area contributed by atoms with Crippen molar-refractivity contribution in [3.63, 3.8) is 0 Å². The number of hydrazine groups is 2. The standard InChI is InChI=1S/C29H33F3N8O/c1-19-6-7-23(14-26(19)40-17-27(38(3)37-40)22-15-33-18-34-16-22)36-28(41)21-12-24(29(30,31)32)20(2)25(13-21)35-8-11-39-9-4-5-10-39/h6-7,12-18,35,37H,4-5,8-11H2,1-3H3,(H,36,41). The van der Waals surface area contributed by atoms with E-state index >= 15 is 0 Å². The maximum absolute atomic E-state index is 13.9. The molecular weight excluding hydrogens is 533 g/mol. The molecule has 0 unspecified atom stereocenters. The van der Waals surface area contributed by atoms with Crippen LogP contribution in [0.4, 0.5) is 30.2 Å². The predicted molar refractivity (Wildman–Crippen MR) is 153 cm³/mol. The van der Waals surface area contributed by atoms with E-state index in [2.05, 4.69) is 31.0 Å². The van der Waals surface area contributed by atoms with Crippen LogP contribution in [0.3, 0.4) is 0 Å². The lowest BCUT2D eigenvalue weighted by molar-refractivity contribution is -0.138. The Hall–Kier alpha value is -4.16. The van der Waals surface area contributed by atoms with Crippen LogP contribution >= 0.6 is 0 Å². The number of nitrogens with one attached hydrogen (secondary N) is 3. The summed E-state index contributed by atoms with van der Waals surface area (Å²) in [5.41, 5.74) is 6.47. The molecule has 0 bridgehead atoms. The predicted octanol–water partition coefficient (Wildman–Crippen LogP) is 5.04. The van der Waals surface area contributed by atoms with Gasteiger partial charge in [-0.1, -0.05) is 6.07 Å². The summed E-state index contributed by atoms with van der Waals surface area (Å²) in [7, 11) is 1.85. The number of halogens is 3. The number of anilines is 3. The second-order valence-corrected chi connectivity index (χ2v) is 10.3. The summed E-state index contributed by atoms with van der Waals surface area (Å²) >= 11 is 0. The van der Waals surface area contributed by atoms with Gasteiger partial charge < -0.3 is 15.5 Å². The van der Waals surface area contributed by atoms with E-state index in [0.29, 0.717) is 17.9 Å². The molecule has 3 heterocycles. The highest BCUT2D eigenvalue weighted by atomic mass is 19.4. The summed E-state index contributed by atoms with van der Waals surface area (Å²) in [5.74, 6) is -0.628. The number of carbonyl (C=O) groups excluding carboxylic acids is 1. The number of nitrogens with zero attached hydrogens (tertiary/aromatic N) is 5. The van der Waals surface area contributed by atoms with Gasteiger partial charge in [0.1, 0.15) is 6.33 Å². The van der Waals surface area contributed by atoms with E-state index in [4.69, 9.17) is 0 Å². The van der Waals surface area contributed by atoms with Crippen molar-refractivity contribution in [1.29, 1.82) is 0 Å². The molecule has 3 N–H and O–H groups in total. The molecule has 1 saturated heterocycles. The van der Waals surface area contributed by atoms with Crippen LogP contribution < -0.4 is 21.2 Å². The van der Waals surface area contributed by atoms with Crippen molar-refractivity contribution in [3.05, 3.63) is 83.1 Å². The van der Waals surface area contributed by atoms with E-state index in [-0.39, 0.29) is 11.1 Å². The van der Waals surface area contributed by atoms with Gasteiger partial charge in [-0.05, 0) is 75.2 Å². The Morgan fingerprint density at radius 2 is 1.80 bits per heavy atom. The fraction of sp³-hybridized carbons (Fsp3) is 0.345. The van der Waals surface area contributed by atoms with Crippen molar-refractivity contribution in [2.24, 2.45) is 0 Å². The molecule has 0 spiro atoms. The second-order valence-electron chi connectivity index (χ2n) is 10.3. The first kappa shape index (κ1) is 28.4. The highest BCUT2D eigenvalue weighted by molar-refractivity contribution is 6.05. The van der Waals surface area contributed by atoms with Crippen LogP contribution in [0.25, 0.3) is 5.70 Å². The van der Waals surface area contributed by atoms with Crippen LogP contribution in [0, 0.1) is 13.8 Å². The van der Waals surface area contributed by atoms with Crippen molar-refractivity contribution in [3.8, 4) is 0 Å². The van der Waals surface area contributed by atoms with Crippen LogP contribution in [-0.2, 0) is 6.18 Å². The van der Waals surface area contributed by atoms with Gasteiger partial charge in [0.05, 0.1) is 16.9 Å². The number of amides is 1. The number of hydrogen-bond donors (Lipinski definition) is 3.